The molecule has 3 heteroatoms. The highest BCUT2D eigenvalue weighted by Gasteiger charge is 2.11. The standard InChI is InChI=1S/C11H16N2S.2C2H6/c1-10-6-9-13(11(10)2)14-12-7-4-3-5-8-12;2*1-2/h6,9H,1-5,7-8H2;2*1-2H3. The van der Waals surface area contributed by atoms with Crippen LogP contribution in [0.1, 0.15) is 47.0 Å². The first kappa shape index (κ1) is 17.3. The van der Waals surface area contributed by atoms with Gasteiger partial charge in [-0.2, -0.15) is 0 Å². The van der Waals surface area contributed by atoms with Gasteiger partial charge in [-0.1, -0.05) is 47.3 Å². The molecule has 1 fully saturated rings. The van der Waals surface area contributed by atoms with Crippen LogP contribution in [-0.4, -0.2) is 21.4 Å². The molecule has 0 amide bonds. The van der Waals surface area contributed by atoms with Gasteiger partial charge in [-0.05, 0) is 24.1 Å². The van der Waals surface area contributed by atoms with Crippen LogP contribution in [0.15, 0.2) is 12.3 Å². The van der Waals surface area contributed by atoms with Crippen molar-refractivity contribution in [3.05, 3.63) is 22.8 Å². The van der Waals surface area contributed by atoms with Crippen LogP contribution >= 0.6 is 12.1 Å². The van der Waals surface area contributed by atoms with Gasteiger partial charge in [-0.3, -0.25) is 3.97 Å². The molecule has 1 aromatic heterocycles. The van der Waals surface area contributed by atoms with Crippen molar-refractivity contribution in [3.8, 4) is 0 Å². The number of nitrogens with zero attached hydrogens (tertiary/aromatic N) is 2. The third kappa shape index (κ3) is 5.32. The Balaban J connectivity index is 0.000000659. The minimum absolute atomic E-state index is 1.01. The van der Waals surface area contributed by atoms with E-state index in [0.717, 1.165) is 10.6 Å². The summed E-state index contributed by atoms with van der Waals surface area (Å²) in [5.74, 6) is 0. The van der Waals surface area contributed by atoms with Crippen LogP contribution in [0.2, 0.25) is 0 Å². The van der Waals surface area contributed by atoms with Crippen LogP contribution < -0.4 is 10.6 Å². The zero-order chi connectivity index (χ0) is 14.0. The maximum Gasteiger partial charge on any atom is 0.0525 e. The SMILES string of the molecule is C=c1ccn(SN2CCCCC2)c1=C.CC.CC. The van der Waals surface area contributed by atoms with Crippen molar-refractivity contribution in [2.24, 2.45) is 0 Å². The van der Waals surface area contributed by atoms with E-state index >= 15 is 0 Å². The Hall–Kier alpha value is -0.670. The molecule has 1 aromatic rings. The van der Waals surface area contributed by atoms with Gasteiger partial charge in [-0.15, -0.1) is 0 Å². The molecule has 0 atom stereocenters. The van der Waals surface area contributed by atoms with E-state index in [1.807, 2.05) is 40.0 Å². The summed E-state index contributed by atoms with van der Waals surface area (Å²) < 4.78 is 4.51. The van der Waals surface area contributed by atoms with E-state index in [1.165, 1.54) is 32.4 Å². The summed E-state index contributed by atoms with van der Waals surface area (Å²) >= 11 is 1.76. The van der Waals surface area contributed by atoms with E-state index < -0.39 is 0 Å². The average molecular weight is 268 g/mol. The fourth-order valence-corrected chi connectivity index (χ4v) is 2.63. The van der Waals surface area contributed by atoms with Gasteiger partial charge in [0.05, 0.1) is 5.35 Å². The van der Waals surface area contributed by atoms with Crippen LogP contribution in [0.3, 0.4) is 0 Å². The number of rotatable bonds is 2. The Labute approximate surface area is 117 Å². The molecule has 0 unspecified atom stereocenters. The maximum absolute atomic E-state index is 4.00. The number of aromatic nitrogens is 1. The quantitative estimate of drug-likeness (QED) is 0.761. The van der Waals surface area contributed by atoms with Gasteiger partial charge in [0.2, 0.25) is 0 Å². The number of piperidine rings is 1. The van der Waals surface area contributed by atoms with Gasteiger partial charge in [0, 0.05) is 31.4 Å². The van der Waals surface area contributed by atoms with E-state index in [2.05, 4.69) is 21.4 Å². The van der Waals surface area contributed by atoms with Gasteiger partial charge in [0.15, 0.2) is 0 Å². The lowest BCUT2D eigenvalue weighted by Crippen LogP contribution is -2.29. The Bertz CT molecular complexity index is 391. The van der Waals surface area contributed by atoms with Crippen molar-refractivity contribution < 1.29 is 0 Å². The molecule has 1 saturated heterocycles. The van der Waals surface area contributed by atoms with E-state index in [-0.39, 0.29) is 0 Å². The van der Waals surface area contributed by atoms with Crippen LogP contribution in [0.5, 0.6) is 0 Å². The summed E-state index contributed by atoms with van der Waals surface area (Å²) in [7, 11) is 0. The first-order valence-electron chi connectivity index (χ1n) is 7.06. The summed E-state index contributed by atoms with van der Waals surface area (Å²) in [6.07, 6.45) is 6.06. The second-order valence-corrected chi connectivity index (χ2v) is 4.76. The Morgan fingerprint density at radius 1 is 1.00 bits per heavy atom. The highest BCUT2D eigenvalue weighted by atomic mass is 32.2. The number of hydrogen-bond acceptors (Lipinski definition) is 2. The smallest absolute Gasteiger partial charge is 0.0525 e. The molecule has 0 radical (unpaired) electrons. The molecule has 2 nitrogen and oxygen atoms in total. The molecule has 0 aromatic carbocycles. The molecule has 18 heavy (non-hydrogen) atoms. The van der Waals surface area contributed by atoms with E-state index in [4.69, 9.17) is 0 Å². The van der Waals surface area contributed by atoms with Crippen molar-refractivity contribution in [2.45, 2.75) is 47.0 Å². The van der Waals surface area contributed by atoms with Crippen LogP contribution in [0, 0.1) is 0 Å². The molecule has 0 aliphatic carbocycles. The summed E-state index contributed by atoms with van der Waals surface area (Å²) in [5, 5.41) is 2.04. The van der Waals surface area contributed by atoms with Crippen molar-refractivity contribution in [3.63, 3.8) is 0 Å². The van der Waals surface area contributed by atoms with E-state index in [0.29, 0.717) is 0 Å². The topological polar surface area (TPSA) is 8.17 Å². The Morgan fingerprint density at radius 3 is 2.00 bits per heavy atom. The van der Waals surface area contributed by atoms with E-state index in [1.54, 1.807) is 12.1 Å². The minimum atomic E-state index is 1.01. The van der Waals surface area contributed by atoms with Gasteiger partial charge in [-0.25, -0.2) is 4.31 Å². The summed E-state index contributed by atoms with van der Waals surface area (Å²) in [4.78, 5) is 0. The molecule has 1 aliphatic heterocycles. The lowest BCUT2D eigenvalue weighted by atomic mass is 10.2. The highest BCUT2D eigenvalue weighted by molar-refractivity contribution is 7.95. The minimum Gasteiger partial charge on any atom is -0.279 e. The Kier molecular flexibility index (Phi) is 9.89. The first-order valence-corrected chi connectivity index (χ1v) is 7.79. The van der Waals surface area contributed by atoms with Crippen LogP contribution in [-0.2, 0) is 0 Å². The zero-order valence-electron chi connectivity index (χ0n) is 12.4. The normalized spacial score (nSPS) is 15.1. The molecule has 0 bridgehead atoms. The predicted octanol–water partition coefficient (Wildman–Crippen LogP) is 3.26. The second kappa shape index (κ2) is 10.3. The molecule has 0 N–H and O–H groups in total. The molecular weight excluding hydrogens is 240 g/mol. The molecule has 0 spiro atoms. The van der Waals surface area contributed by atoms with Gasteiger partial charge in [0.25, 0.3) is 0 Å². The molecule has 0 saturated carbocycles. The molecular formula is C15H28N2S. The van der Waals surface area contributed by atoms with Crippen molar-refractivity contribution in [1.29, 1.82) is 0 Å². The lowest BCUT2D eigenvalue weighted by Gasteiger charge is -2.24. The summed E-state index contributed by atoms with van der Waals surface area (Å²) in [6, 6.07) is 2.01. The fourth-order valence-electron chi connectivity index (χ4n) is 1.63. The molecule has 2 rings (SSSR count). The monoisotopic (exact) mass is 268 g/mol. The average Bonchev–Trinajstić information content (AvgIpc) is 2.76. The van der Waals surface area contributed by atoms with Gasteiger partial charge in [0.1, 0.15) is 0 Å². The van der Waals surface area contributed by atoms with Gasteiger partial charge < -0.3 is 0 Å². The molecule has 104 valence electrons. The third-order valence-corrected chi connectivity index (χ3v) is 3.68. The fraction of sp³-hybridized carbons (Fsp3) is 0.600. The lowest BCUT2D eigenvalue weighted by molar-refractivity contribution is 0.379. The summed E-state index contributed by atoms with van der Waals surface area (Å²) in [5.41, 5.74) is 0. The van der Waals surface area contributed by atoms with Crippen LogP contribution in [0.4, 0.5) is 0 Å². The highest BCUT2D eigenvalue weighted by Crippen LogP contribution is 2.17. The summed E-state index contributed by atoms with van der Waals surface area (Å²) in [6.45, 7) is 18.3. The van der Waals surface area contributed by atoms with Gasteiger partial charge >= 0.3 is 0 Å². The Morgan fingerprint density at radius 2 is 1.56 bits per heavy atom. The second-order valence-electron chi connectivity index (χ2n) is 3.68. The number of hydrogen-bond donors (Lipinski definition) is 0. The zero-order valence-corrected chi connectivity index (χ0v) is 13.2. The van der Waals surface area contributed by atoms with Crippen molar-refractivity contribution >= 4 is 25.3 Å². The predicted molar refractivity (Wildman–Crippen MR) is 85.8 cm³/mol. The van der Waals surface area contributed by atoms with Crippen LogP contribution in [0.25, 0.3) is 13.2 Å². The molecule has 2 heterocycles. The van der Waals surface area contributed by atoms with E-state index in [9.17, 15) is 0 Å². The van der Waals surface area contributed by atoms with Crippen molar-refractivity contribution in [2.75, 3.05) is 13.1 Å². The third-order valence-electron chi connectivity index (χ3n) is 2.57. The molecule has 1 aliphatic rings. The maximum atomic E-state index is 4.00. The van der Waals surface area contributed by atoms with Crippen molar-refractivity contribution in [1.82, 2.24) is 8.28 Å². The largest absolute Gasteiger partial charge is 0.279 e. The first-order chi connectivity index (χ1) is 8.77.